The van der Waals surface area contributed by atoms with Gasteiger partial charge in [0, 0.05) is 17.3 Å². The van der Waals surface area contributed by atoms with Gasteiger partial charge in [-0.05, 0) is 40.0 Å². The highest BCUT2D eigenvalue weighted by Crippen LogP contribution is 2.69. The average Bonchev–Trinajstić information content (AvgIpc) is 3.32. The maximum atomic E-state index is 14.1. The molecule has 3 aliphatic rings. The van der Waals surface area contributed by atoms with Crippen LogP contribution in [0.15, 0.2) is 25.3 Å². The van der Waals surface area contributed by atoms with E-state index in [0.717, 1.165) is 6.42 Å². The van der Waals surface area contributed by atoms with Crippen LogP contribution >= 0.6 is 11.8 Å². The lowest BCUT2D eigenvalue weighted by Crippen LogP contribution is -2.61. The normalized spacial score (nSPS) is 34.2. The van der Waals surface area contributed by atoms with E-state index in [9.17, 15) is 19.5 Å². The third-order valence-corrected chi connectivity index (χ3v) is 9.24. The van der Waals surface area contributed by atoms with Crippen LogP contribution in [0.1, 0.15) is 41.0 Å². The fourth-order valence-corrected chi connectivity index (χ4v) is 8.17. The Bertz CT molecular complexity index is 809. The molecule has 0 aliphatic carbocycles. The SMILES string of the molecule is C=CCOC(=O)[C@@H]1[C@H]2C(=O)N([C@H](C)CO)C(C(=O)N(CC=C)C(C)(C)C)C23S[C@@H]1CC3C. The molecule has 2 amide bonds. The molecule has 8 heteroatoms. The number of esters is 1. The molecular weight excluding hydrogens is 428 g/mol. The third kappa shape index (κ3) is 3.59. The van der Waals surface area contributed by atoms with Gasteiger partial charge in [-0.2, -0.15) is 0 Å². The number of carbonyl (C=O) groups is 3. The van der Waals surface area contributed by atoms with Crippen LogP contribution in [-0.2, 0) is 19.1 Å². The molecule has 3 heterocycles. The lowest BCUT2D eigenvalue weighted by atomic mass is 9.66. The first-order valence-corrected chi connectivity index (χ1v) is 12.2. The molecule has 0 saturated carbocycles. The van der Waals surface area contributed by atoms with Crippen molar-refractivity contribution in [1.82, 2.24) is 9.80 Å². The summed E-state index contributed by atoms with van der Waals surface area (Å²) in [5.41, 5.74) is -0.482. The second kappa shape index (κ2) is 8.86. The van der Waals surface area contributed by atoms with Crippen molar-refractivity contribution in [3.63, 3.8) is 0 Å². The van der Waals surface area contributed by atoms with Crippen molar-refractivity contribution < 1.29 is 24.2 Å². The molecule has 3 unspecified atom stereocenters. The lowest BCUT2D eigenvalue weighted by molar-refractivity contribution is -0.154. The van der Waals surface area contributed by atoms with E-state index in [4.69, 9.17) is 4.74 Å². The second-order valence-corrected chi connectivity index (χ2v) is 11.7. The molecule has 3 fully saturated rings. The smallest absolute Gasteiger partial charge is 0.311 e. The van der Waals surface area contributed by atoms with Crippen LogP contribution in [0.5, 0.6) is 0 Å². The van der Waals surface area contributed by atoms with Crippen LogP contribution in [0.2, 0.25) is 0 Å². The Hall–Kier alpha value is -1.80. The number of aliphatic hydroxyl groups is 1. The maximum absolute atomic E-state index is 14.1. The molecule has 3 rings (SSSR count). The number of nitrogens with zero attached hydrogens (tertiary/aromatic N) is 2. The minimum Gasteiger partial charge on any atom is -0.461 e. The molecule has 0 aromatic heterocycles. The Kier molecular flexibility index (Phi) is 6.87. The zero-order valence-electron chi connectivity index (χ0n) is 19.7. The van der Waals surface area contributed by atoms with Gasteiger partial charge in [-0.25, -0.2) is 0 Å². The first-order valence-electron chi connectivity index (χ1n) is 11.3. The Balaban J connectivity index is 2.12. The Morgan fingerprint density at radius 3 is 2.56 bits per heavy atom. The van der Waals surface area contributed by atoms with Crippen molar-refractivity contribution in [1.29, 1.82) is 0 Å². The third-order valence-electron chi connectivity index (χ3n) is 7.16. The van der Waals surface area contributed by atoms with E-state index in [0.29, 0.717) is 6.54 Å². The number of hydrogen-bond acceptors (Lipinski definition) is 6. The minimum absolute atomic E-state index is 0.0605. The van der Waals surface area contributed by atoms with Gasteiger partial charge in [0.05, 0.1) is 29.2 Å². The highest BCUT2D eigenvalue weighted by atomic mass is 32.2. The van der Waals surface area contributed by atoms with Gasteiger partial charge in [-0.15, -0.1) is 18.3 Å². The molecule has 7 nitrogen and oxygen atoms in total. The van der Waals surface area contributed by atoms with E-state index < -0.39 is 40.2 Å². The first-order chi connectivity index (χ1) is 15.0. The van der Waals surface area contributed by atoms with Gasteiger partial charge in [0.25, 0.3) is 0 Å². The Morgan fingerprint density at radius 2 is 2.03 bits per heavy atom. The first kappa shape index (κ1) is 24.8. The molecule has 32 heavy (non-hydrogen) atoms. The molecule has 1 spiro atoms. The molecule has 0 aromatic rings. The van der Waals surface area contributed by atoms with E-state index in [-0.39, 0.29) is 36.2 Å². The predicted octanol–water partition coefficient (Wildman–Crippen LogP) is 2.25. The van der Waals surface area contributed by atoms with Gasteiger partial charge in [-0.3, -0.25) is 14.4 Å². The number of ether oxygens (including phenoxy) is 1. The average molecular weight is 465 g/mol. The van der Waals surface area contributed by atoms with E-state index >= 15 is 0 Å². The van der Waals surface area contributed by atoms with Gasteiger partial charge in [0.1, 0.15) is 12.6 Å². The minimum atomic E-state index is -0.761. The fraction of sp³-hybridized carbons (Fsp3) is 0.708. The van der Waals surface area contributed by atoms with E-state index in [1.807, 2.05) is 20.8 Å². The highest BCUT2D eigenvalue weighted by Gasteiger charge is 2.77. The summed E-state index contributed by atoms with van der Waals surface area (Å²) in [6.07, 6.45) is 3.94. The summed E-state index contributed by atoms with van der Waals surface area (Å²) in [6, 6.07) is -1.30. The highest BCUT2D eigenvalue weighted by molar-refractivity contribution is 8.02. The number of fused-ring (bicyclic) bond motifs is 1. The van der Waals surface area contributed by atoms with Crippen LogP contribution in [0, 0.1) is 17.8 Å². The number of hydrogen-bond donors (Lipinski definition) is 1. The summed E-state index contributed by atoms with van der Waals surface area (Å²) in [6.45, 7) is 17.3. The van der Waals surface area contributed by atoms with E-state index in [1.165, 1.54) is 6.08 Å². The van der Waals surface area contributed by atoms with Crippen LogP contribution < -0.4 is 0 Å². The van der Waals surface area contributed by atoms with Gasteiger partial charge in [0.2, 0.25) is 11.8 Å². The summed E-state index contributed by atoms with van der Waals surface area (Å²) in [4.78, 5) is 44.3. The number of rotatable bonds is 8. The van der Waals surface area contributed by atoms with Crippen LogP contribution in [0.4, 0.5) is 0 Å². The molecule has 3 saturated heterocycles. The number of carbonyl (C=O) groups excluding carboxylic acids is 3. The number of amides is 2. The van der Waals surface area contributed by atoms with Gasteiger partial charge < -0.3 is 19.6 Å². The van der Waals surface area contributed by atoms with Crippen molar-refractivity contribution in [3.05, 3.63) is 25.3 Å². The zero-order valence-corrected chi connectivity index (χ0v) is 20.6. The van der Waals surface area contributed by atoms with Crippen molar-refractivity contribution in [3.8, 4) is 0 Å². The molecule has 3 aliphatic heterocycles. The molecule has 2 bridgehead atoms. The molecule has 0 aromatic carbocycles. The van der Waals surface area contributed by atoms with E-state index in [2.05, 4.69) is 20.1 Å². The molecule has 1 N–H and O–H groups in total. The Morgan fingerprint density at radius 1 is 1.38 bits per heavy atom. The summed E-state index contributed by atoms with van der Waals surface area (Å²) >= 11 is 1.60. The molecule has 7 atom stereocenters. The molecule has 0 radical (unpaired) electrons. The second-order valence-electron chi connectivity index (χ2n) is 10.2. The van der Waals surface area contributed by atoms with Crippen molar-refractivity contribution in [2.75, 3.05) is 19.8 Å². The fourth-order valence-electron chi connectivity index (χ4n) is 5.78. The van der Waals surface area contributed by atoms with Gasteiger partial charge in [0.15, 0.2) is 0 Å². The maximum Gasteiger partial charge on any atom is 0.311 e. The van der Waals surface area contributed by atoms with E-state index in [1.54, 1.807) is 34.6 Å². The molecular formula is C24H36N2O5S. The monoisotopic (exact) mass is 464 g/mol. The summed E-state index contributed by atoms with van der Waals surface area (Å²) in [5.74, 6) is -1.99. The van der Waals surface area contributed by atoms with Crippen LogP contribution in [-0.4, -0.2) is 80.1 Å². The number of thioether (sulfide) groups is 1. The summed E-state index contributed by atoms with van der Waals surface area (Å²) in [5, 5.41) is 9.89. The number of likely N-dealkylation sites (tertiary alicyclic amines) is 1. The summed E-state index contributed by atoms with van der Waals surface area (Å²) < 4.78 is 4.64. The Labute approximate surface area is 195 Å². The topological polar surface area (TPSA) is 87.1 Å². The number of aliphatic hydroxyl groups excluding tert-OH is 1. The molecule has 178 valence electrons. The predicted molar refractivity (Wildman–Crippen MR) is 125 cm³/mol. The van der Waals surface area contributed by atoms with Crippen molar-refractivity contribution in [2.45, 2.75) is 68.7 Å². The zero-order chi connectivity index (χ0) is 24.0. The largest absolute Gasteiger partial charge is 0.461 e. The standard InChI is InChI=1S/C24H36N2O5S/c1-8-10-25(23(5,6)7)21(29)19-24-14(3)12-16(32-24)17(22(30)31-11-9-2)18(24)20(28)26(19)15(4)13-27/h8-9,14-19,27H,1-2,10-13H2,3-7H3/t14?,15-,16-,17+,18+,19?,24?/m1/s1. The van der Waals surface area contributed by atoms with Gasteiger partial charge in [-0.1, -0.05) is 25.7 Å². The van der Waals surface area contributed by atoms with Crippen molar-refractivity contribution >= 4 is 29.5 Å². The quantitative estimate of drug-likeness (QED) is 0.438. The lowest BCUT2D eigenvalue weighted by Gasteiger charge is -2.44. The van der Waals surface area contributed by atoms with Gasteiger partial charge >= 0.3 is 5.97 Å². The van der Waals surface area contributed by atoms with Crippen LogP contribution in [0.25, 0.3) is 0 Å². The summed E-state index contributed by atoms with van der Waals surface area (Å²) in [7, 11) is 0. The van der Waals surface area contributed by atoms with Crippen LogP contribution in [0.3, 0.4) is 0 Å². The van der Waals surface area contributed by atoms with Crippen molar-refractivity contribution in [2.24, 2.45) is 17.8 Å².